The number of halogens is 1. The summed E-state index contributed by atoms with van der Waals surface area (Å²) in [5.41, 5.74) is 2.37. The molecule has 0 fully saturated rings. The standard InChI is InChI=1S/C16H17BrN2O2/c1-19(11-12-8-14(17)10-18-9-12)7-6-13-4-2-3-5-15(13)16(20)21/h2-5,8-10H,6-7,11H2,1H3,(H,20,21). The van der Waals surface area contributed by atoms with Crippen molar-refractivity contribution in [2.45, 2.75) is 13.0 Å². The van der Waals surface area contributed by atoms with Crippen molar-refractivity contribution in [3.8, 4) is 0 Å². The summed E-state index contributed by atoms with van der Waals surface area (Å²) >= 11 is 3.41. The smallest absolute Gasteiger partial charge is 0.335 e. The van der Waals surface area contributed by atoms with E-state index in [0.717, 1.165) is 28.7 Å². The molecule has 1 aromatic heterocycles. The summed E-state index contributed by atoms with van der Waals surface area (Å²) < 4.78 is 0.963. The van der Waals surface area contributed by atoms with Gasteiger partial charge >= 0.3 is 5.97 Å². The first-order valence-electron chi connectivity index (χ1n) is 6.65. The Morgan fingerprint density at radius 1 is 1.33 bits per heavy atom. The molecule has 0 aliphatic heterocycles. The molecule has 2 aromatic rings. The van der Waals surface area contributed by atoms with E-state index in [0.29, 0.717) is 12.0 Å². The third-order valence-electron chi connectivity index (χ3n) is 3.22. The van der Waals surface area contributed by atoms with Gasteiger partial charge in [-0.15, -0.1) is 0 Å². The molecule has 4 nitrogen and oxygen atoms in total. The number of hydrogen-bond acceptors (Lipinski definition) is 3. The SMILES string of the molecule is CN(CCc1ccccc1C(=O)O)Cc1cncc(Br)c1. The van der Waals surface area contributed by atoms with Crippen molar-refractivity contribution in [3.63, 3.8) is 0 Å². The van der Waals surface area contributed by atoms with E-state index in [-0.39, 0.29) is 0 Å². The number of aromatic carboxylic acids is 1. The summed E-state index contributed by atoms with van der Waals surface area (Å²) in [4.78, 5) is 17.5. The molecular formula is C16H17BrN2O2. The fourth-order valence-electron chi connectivity index (χ4n) is 2.19. The molecule has 21 heavy (non-hydrogen) atoms. The number of aromatic nitrogens is 1. The van der Waals surface area contributed by atoms with Crippen molar-refractivity contribution in [2.75, 3.05) is 13.6 Å². The van der Waals surface area contributed by atoms with Gasteiger partial charge < -0.3 is 10.0 Å². The van der Waals surface area contributed by atoms with Crippen molar-refractivity contribution in [1.29, 1.82) is 0 Å². The van der Waals surface area contributed by atoms with Crippen molar-refractivity contribution < 1.29 is 9.90 Å². The largest absolute Gasteiger partial charge is 0.478 e. The van der Waals surface area contributed by atoms with Gasteiger partial charge in [0.2, 0.25) is 0 Å². The molecule has 2 rings (SSSR count). The van der Waals surface area contributed by atoms with Crippen molar-refractivity contribution in [1.82, 2.24) is 9.88 Å². The van der Waals surface area contributed by atoms with Gasteiger partial charge in [-0.25, -0.2) is 4.79 Å². The van der Waals surface area contributed by atoms with Crippen LogP contribution in [0, 0.1) is 0 Å². The molecule has 0 radical (unpaired) electrons. The second-order valence-corrected chi connectivity index (χ2v) is 5.88. The second kappa shape index (κ2) is 7.33. The Morgan fingerprint density at radius 3 is 2.81 bits per heavy atom. The Hall–Kier alpha value is -1.72. The van der Waals surface area contributed by atoms with E-state index in [4.69, 9.17) is 5.11 Å². The quantitative estimate of drug-likeness (QED) is 0.870. The van der Waals surface area contributed by atoms with Crippen molar-refractivity contribution in [3.05, 3.63) is 63.9 Å². The summed E-state index contributed by atoms with van der Waals surface area (Å²) in [5, 5.41) is 9.17. The fourth-order valence-corrected chi connectivity index (χ4v) is 2.60. The highest BCUT2D eigenvalue weighted by Gasteiger charge is 2.09. The summed E-state index contributed by atoms with van der Waals surface area (Å²) in [6.07, 6.45) is 4.31. The number of carbonyl (C=O) groups is 1. The van der Waals surface area contributed by atoms with Crippen LogP contribution < -0.4 is 0 Å². The predicted octanol–water partition coefficient (Wildman–Crippen LogP) is 3.22. The van der Waals surface area contributed by atoms with Gasteiger partial charge in [0.25, 0.3) is 0 Å². The van der Waals surface area contributed by atoms with Gasteiger partial charge in [-0.1, -0.05) is 18.2 Å². The molecule has 0 unspecified atom stereocenters. The van der Waals surface area contributed by atoms with E-state index in [2.05, 4.69) is 25.8 Å². The summed E-state index contributed by atoms with van der Waals surface area (Å²) in [5.74, 6) is -0.871. The third kappa shape index (κ3) is 4.65. The molecule has 0 saturated carbocycles. The lowest BCUT2D eigenvalue weighted by Crippen LogP contribution is -2.21. The highest BCUT2D eigenvalue weighted by molar-refractivity contribution is 9.10. The average molecular weight is 349 g/mol. The Kier molecular flexibility index (Phi) is 5.47. The molecule has 1 heterocycles. The first-order chi connectivity index (χ1) is 10.1. The summed E-state index contributed by atoms with van der Waals surface area (Å²) in [7, 11) is 2.02. The zero-order valence-corrected chi connectivity index (χ0v) is 13.4. The number of carboxylic acids is 1. The first kappa shape index (κ1) is 15.7. The molecule has 5 heteroatoms. The fraction of sp³-hybridized carbons (Fsp3) is 0.250. The maximum absolute atomic E-state index is 11.2. The van der Waals surface area contributed by atoms with Gasteiger partial charge in [0.15, 0.2) is 0 Å². The highest BCUT2D eigenvalue weighted by Crippen LogP contribution is 2.13. The van der Waals surface area contributed by atoms with Crippen LogP contribution in [0.15, 0.2) is 47.2 Å². The number of benzene rings is 1. The van der Waals surface area contributed by atoms with Crippen molar-refractivity contribution in [2.24, 2.45) is 0 Å². The van der Waals surface area contributed by atoms with Crippen LogP contribution in [0.5, 0.6) is 0 Å². The van der Waals surface area contributed by atoms with Crippen LogP contribution in [-0.2, 0) is 13.0 Å². The van der Waals surface area contributed by atoms with Crippen molar-refractivity contribution >= 4 is 21.9 Å². The zero-order chi connectivity index (χ0) is 15.2. The topological polar surface area (TPSA) is 53.4 Å². The van der Waals surface area contributed by atoms with E-state index in [1.54, 1.807) is 18.3 Å². The zero-order valence-electron chi connectivity index (χ0n) is 11.8. The van der Waals surface area contributed by atoms with Crippen LogP contribution in [0.3, 0.4) is 0 Å². The number of likely N-dealkylation sites (N-methyl/N-ethyl adjacent to an activating group) is 1. The molecule has 1 N–H and O–H groups in total. The van der Waals surface area contributed by atoms with Gasteiger partial charge in [-0.05, 0) is 52.7 Å². The number of nitrogens with zero attached hydrogens (tertiary/aromatic N) is 2. The minimum atomic E-state index is -0.871. The first-order valence-corrected chi connectivity index (χ1v) is 7.44. The molecule has 0 bridgehead atoms. The summed E-state index contributed by atoms with van der Waals surface area (Å²) in [6, 6.07) is 9.19. The lowest BCUT2D eigenvalue weighted by Gasteiger charge is -2.17. The van der Waals surface area contributed by atoms with E-state index >= 15 is 0 Å². The molecule has 0 aliphatic rings. The van der Waals surface area contributed by atoms with Gasteiger partial charge in [-0.2, -0.15) is 0 Å². The maximum atomic E-state index is 11.2. The lowest BCUT2D eigenvalue weighted by atomic mass is 10.0. The molecule has 0 aliphatic carbocycles. The van der Waals surface area contributed by atoms with E-state index in [1.165, 1.54) is 0 Å². The Bertz CT molecular complexity index is 631. The maximum Gasteiger partial charge on any atom is 0.335 e. The average Bonchev–Trinajstić information content (AvgIpc) is 2.45. The van der Waals surface area contributed by atoms with Crippen LogP contribution in [0.4, 0.5) is 0 Å². The van der Waals surface area contributed by atoms with Gasteiger partial charge in [0.1, 0.15) is 0 Å². The van der Waals surface area contributed by atoms with E-state index in [9.17, 15) is 4.79 Å². The number of hydrogen-bond donors (Lipinski definition) is 1. The number of rotatable bonds is 6. The van der Waals surface area contributed by atoms with Crippen LogP contribution in [0.25, 0.3) is 0 Å². The normalized spacial score (nSPS) is 10.8. The number of pyridine rings is 1. The van der Waals surface area contributed by atoms with Crippen LogP contribution in [-0.4, -0.2) is 34.6 Å². The van der Waals surface area contributed by atoms with Gasteiger partial charge in [0.05, 0.1) is 5.56 Å². The Labute approximate surface area is 132 Å². The predicted molar refractivity (Wildman–Crippen MR) is 85.4 cm³/mol. The van der Waals surface area contributed by atoms with Gasteiger partial charge in [-0.3, -0.25) is 4.98 Å². The van der Waals surface area contributed by atoms with Crippen LogP contribution in [0.1, 0.15) is 21.5 Å². The lowest BCUT2D eigenvalue weighted by molar-refractivity contribution is 0.0695. The molecule has 0 saturated heterocycles. The second-order valence-electron chi connectivity index (χ2n) is 4.96. The minimum Gasteiger partial charge on any atom is -0.478 e. The molecule has 110 valence electrons. The summed E-state index contributed by atoms with van der Waals surface area (Å²) in [6.45, 7) is 1.57. The van der Waals surface area contributed by atoms with Gasteiger partial charge in [0, 0.05) is 30.0 Å². The van der Waals surface area contributed by atoms with E-state index in [1.807, 2.05) is 31.4 Å². The molecular weight excluding hydrogens is 332 g/mol. The monoisotopic (exact) mass is 348 g/mol. The molecule has 1 aromatic carbocycles. The minimum absolute atomic E-state index is 0.384. The van der Waals surface area contributed by atoms with Crippen LogP contribution >= 0.6 is 15.9 Å². The van der Waals surface area contributed by atoms with E-state index < -0.39 is 5.97 Å². The third-order valence-corrected chi connectivity index (χ3v) is 3.66. The highest BCUT2D eigenvalue weighted by atomic mass is 79.9. The number of carboxylic acid groups (broad SMARTS) is 1. The molecule has 0 spiro atoms. The Balaban J connectivity index is 1.95. The molecule has 0 atom stereocenters. The van der Waals surface area contributed by atoms with Crippen LogP contribution in [0.2, 0.25) is 0 Å². The molecule has 0 amide bonds. The Morgan fingerprint density at radius 2 is 2.10 bits per heavy atom.